The van der Waals surface area contributed by atoms with E-state index in [0.29, 0.717) is 5.78 Å². The van der Waals surface area contributed by atoms with Gasteiger partial charge in [0.2, 0.25) is 0 Å². The van der Waals surface area contributed by atoms with Gasteiger partial charge in [-0.3, -0.25) is 4.79 Å². The van der Waals surface area contributed by atoms with Gasteiger partial charge in [-0.1, -0.05) is 25.7 Å². The third-order valence-electron chi connectivity index (χ3n) is 3.88. The summed E-state index contributed by atoms with van der Waals surface area (Å²) in [5, 5.41) is 0.769. The molecule has 2 heteroatoms. The van der Waals surface area contributed by atoms with Gasteiger partial charge in [0, 0.05) is 11.7 Å². The van der Waals surface area contributed by atoms with Crippen molar-refractivity contribution in [1.29, 1.82) is 0 Å². The van der Waals surface area contributed by atoms with Gasteiger partial charge in [0.25, 0.3) is 0 Å². The summed E-state index contributed by atoms with van der Waals surface area (Å²) >= 11 is 2.00. The average Bonchev–Trinajstić information content (AvgIpc) is 2.24. The molecule has 0 aromatic rings. The summed E-state index contributed by atoms with van der Waals surface area (Å²) < 4.78 is -0.0275. The minimum absolute atomic E-state index is 0.0275. The quantitative estimate of drug-likeness (QED) is 0.709. The van der Waals surface area contributed by atoms with E-state index in [0.717, 1.165) is 24.5 Å². The van der Waals surface area contributed by atoms with E-state index < -0.39 is 0 Å². The van der Waals surface area contributed by atoms with Gasteiger partial charge in [-0.15, -0.1) is 11.8 Å². The van der Waals surface area contributed by atoms with Gasteiger partial charge in [0.1, 0.15) is 5.78 Å². The molecule has 0 amide bonds. The fourth-order valence-electron chi connectivity index (χ4n) is 2.83. The molecule has 0 N–H and O–H groups in total. The SMILES string of the molecule is CC1(SC2CCCCC2)CCCCC1=O. The molecule has 2 saturated carbocycles. The van der Waals surface area contributed by atoms with Crippen LogP contribution in [0.2, 0.25) is 0 Å². The van der Waals surface area contributed by atoms with Crippen molar-refractivity contribution in [2.75, 3.05) is 0 Å². The van der Waals surface area contributed by atoms with Gasteiger partial charge in [-0.2, -0.15) is 0 Å². The summed E-state index contributed by atoms with van der Waals surface area (Å²) in [6, 6.07) is 0. The van der Waals surface area contributed by atoms with E-state index in [-0.39, 0.29) is 4.75 Å². The van der Waals surface area contributed by atoms with Crippen molar-refractivity contribution >= 4 is 17.5 Å². The molecular formula is C13H22OS. The maximum absolute atomic E-state index is 12.0. The number of carbonyl (C=O) groups is 1. The van der Waals surface area contributed by atoms with Crippen LogP contribution in [-0.4, -0.2) is 15.8 Å². The summed E-state index contributed by atoms with van der Waals surface area (Å²) in [5.41, 5.74) is 0. The molecule has 0 spiro atoms. The lowest BCUT2D eigenvalue weighted by Crippen LogP contribution is -2.37. The molecule has 15 heavy (non-hydrogen) atoms. The first-order valence-corrected chi connectivity index (χ1v) is 7.30. The normalized spacial score (nSPS) is 34.3. The molecule has 0 radical (unpaired) electrons. The summed E-state index contributed by atoms with van der Waals surface area (Å²) in [7, 11) is 0. The number of rotatable bonds is 2. The molecule has 2 aliphatic rings. The number of hydrogen-bond acceptors (Lipinski definition) is 2. The molecule has 2 fully saturated rings. The Hall–Kier alpha value is 0.0200. The lowest BCUT2D eigenvalue weighted by atomic mass is 9.88. The number of hydrogen-bond donors (Lipinski definition) is 0. The van der Waals surface area contributed by atoms with Crippen LogP contribution in [0.4, 0.5) is 0 Å². The number of thioether (sulfide) groups is 1. The Morgan fingerprint density at radius 3 is 2.53 bits per heavy atom. The summed E-state index contributed by atoms with van der Waals surface area (Å²) in [6.07, 6.45) is 11.2. The van der Waals surface area contributed by atoms with Crippen molar-refractivity contribution in [1.82, 2.24) is 0 Å². The zero-order valence-electron chi connectivity index (χ0n) is 9.76. The highest BCUT2D eigenvalue weighted by atomic mass is 32.2. The summed E-state index contributed by atoms with van der Waals surface area (Å²) in [4.78, 5) is 12.0. The Bertz CT molecular complexity index is 233. The van der Waals surface area contributed by atoms with Crippen LogP contribution in [-0.2, 0) is 4.79 Å². The van der Waals surface area contributed by atoms with Crippen LogP contribution in [0.15, 0.2) is 0 Å². The van der Waals surface area contributed by atoms with Gasteiger partial charge in [0.05, 0.1) is 4.75 Å². The van der Waals surface area contributed by atoms with Crippen LogP contribution in [0.1, 0.15) is 64.7 Å². The zero-order valence-corrected chi connectivity index (χ0v) is 10.6. The predicted molar refractivity (Wildman–Crippen MR) is 66.3 cm³/mol. The van der Waals surface area contributed by atoms with Crippen molar-refractivity contribution < 1.29 is 4.79 Å². The Labute approximate surface area is 97.4 Å². The minimum atomic E-state index is -0.0275. The monoisotopic (exact) mass is 226 g/mol. The van der Waals surface area contributed by atoms with Crippen LogP contribution >= 0.6 is 11.8 Å². The van der Waals surface area contributed by atoms with Gasteiger partial charge in [0.15, 0.2) is 0 Å². The van der Waals surface area contributed by atoms with E-state index >= 15 is 0 Å². The van der Waals surface area contributed by atoms with Crippen molar-refractivity contribution in [3.8, 4) is 0 Å². The van der Waals surface area contributed by atoms with Crippen molar-refractivity contribution in [3.05, 3.63) is 0 Å². The average molecular weight is 226 g/mol. The first-order chi connectivity index (χ1) is 7.21. The second-order valence-electron chi connectivity index (χ2n) is 5.24. The van der Waals surface area contributed by atoms with E-state index in [1.807, 2.05) is 11.8 Å². The summed E-state index contributed by atoms with van der Waals surface area (Å²) in [5.74, 6) is 0.518. The Morgan fingerprint density at radius 1 is 1.13 bits per heavy atom. The molecule has 1 atom stereocenters. The molecule has 1 unspecified atom stereocenters. The first-order valence-electron chi connectivity index (χ1n) is 6.42. The zero-order chi connectivity index (χ0) is 10.7. The molecule has 2 rings (SSSR count). The van der Waals surface area contributed by atoms with E-state index in [4.69, 9.17) is 0 Å². The molecule has 86 valence electrons. The maximum atomic E-state index is 12.0. The van der Waals surface area contributed by atoms with Crippen LogP contribution in [0, 0.1) is 0 Å². The van der Waals surface area contributed by atoms with Gasteiger partial charge >= 0.3 is 0 Å². The van der Waals surface area contributed by atoms with Crippen molar-refractivity contribution in [2.24, 2.45) is 0 Å². The van der Waals surface area contributed by atoms with Crippen LogP contribution < -0.4 is 0 Å². The smallest absolute Gasteiger partial charge is 0.148 e. The number of Topliss-reactive ketones (excluding diaryl/α,β-unsaturated/α-hetero) is 1. The fraction of sp³-hybridized carbons (Fsp3) is 0.923. The first kappa shape index (κ1) is 11.5. The van der Waals surface area contributed by atoms with Crippen LogP contribution in [0.25, 0.3) is 0 Å². The molecule has 2 aliphatic carbocycles. The molecule has 0 saturated heterocycles. The molecule has 0 bridgehead atoms. The summed E-state index contributed by atoms with van der Waals surface area (Å²) in [6.45, 7) is 2.19. The number of carbonyl (C=O) groups excluding carboxylic acids is 1. The lowest BCUT2D eigenvalue weighted by molar-refractivity contribution is -0.122. The molecule has 1 nitrogen and oxygen atoms in total. The molecule has 0 heterocycles. The predicted octanol–water partition coefficient (Wildman–Crippen LogP) is 3.95. The Morgan fingerprint density at radius 2 is 1.87 bits per heavy atom. The highest BCUT2D eigenvalue weighted by Crippen LogP contribution is 2.43. The standard InChI is InChI=1S/C13H22OS/c1-13(10-6-5-9-12(13)14)15-11-7-3-2-4-8-11/h11H,2-10H2,1H3. The Kier molecular flexibility index (Phi) is 3.76. The van der Waals surface area contributed by atoms with Crippen LogP contribution in [0.3, 0.4) is 0 Å². The van der Waals surface area contributed by atoms with Gasteiger partial charge in [-0.25, -0.2) is 0 Å². The van der Waals surface area contributed by atoms with Crippen molar-refractivity contribution in [3.63, 3.8) is 0 Å². The largest absolute Gasteiger partial charge is 0.298 e. The second-order valence-corrected chi connectivity index (χ2v) is 7.04. The third-order valence-corrected chi connectivity index (χ3v) is 5.63. The van der Waals surface area contributed by atoms with E-state index in [9.17, 15) is 4.79 Å². The highest BCUT2D eigenvalue weighted by molar-refractivity contribution is 8.02. The van der Waals surface area contributed by atoms with Gasteiger partial charge < -0.3 is 0 Å². The van der Waals surface area contributed by atoms with E-state index in [2.05, 4.69) is 6.92 Å². The molecule has 0 aromatic heterocycles. The van der Waals surface area contributed by atoms with Gasteiger partial charge in [-0.05, 0) is 32.6 Å². The molecule has 0 aromatic carbocycles. The molecular weight excluding hydrogens is 204 g/mol. The number of ketones is 1. The topological polar surface area (TPSA) is 17.1 Å². The maximum Gasteiger partial charge on any atom is 0.148 e. The fourth-order valence-corrected chi connectivity index (χ4v) is 4.63. The molecule has 0 aliphatic heterocycles. The van der Waals surface area contributed by atoms with Crippen LogP contribution in [0.5, 0.6) is 0 Å². The Balaban J connectivity index is 1.92. The van der Waals surface area contributed by atoms with E-state index in [1.54, 1.807) is 0 Å². The lowest BCUT2D eigenvalue weighted by Gasteiger charge is -2.35. The third kappa shape index (κ3) is 2.77. The van der Waals surface area contributed by atoms with Crippen molar-refractivity contribution in [2.45, 2.75) is 74.7 Å². The second kappa shape index (κ2) is 4.90. The highest BCUT2D eigenvalue weighted by Gasteiger charge is 2.37. The van der Waals surface area contributed by atoms with E-state index in [1.165, 1.54) is 38.5 Å². The minimum Gasteiger partial charge on any atom is -0.298 e.